The van der Waals surface area contributed by atoms with Gasteiger partial charge in [-0.25, -0.2) is 0 Å². The predicted octanol–water partition coefficient (Wildman–Crippen LogP) is 6.43. The zero-order valence-electron chi connectivity index (χ0n) is 21.0. The third kappa shape index (κ3) is 10.8. The molecule has 0 spiro atoms. The molecule has 0 bridgehead atoms. The predicted molar refractivity (Wildman–Crippen MR) is 137 cm³/mol. The highest BCUT2D eigenvalue weighted by Crippen LogP contribution is 2.28. The van der Waals surface area contributed by atoms with E-state index in [2.05, 4.69) is 23.8 Å². The van der Waals surface area contributed by atoms with Crippen LogP contribution in [0.3, 0.4) is 0 Å². The van der Waals surface area contributed by atoms with Gasteiger partial charge >= 0.3 is 0 Å². The van der Waals surface area contributed by atoms with Gasteiger partial charge in [0.05, 0.1) is 32.6 Å². The zero-order chi connectivity index (χ0) is 24.4. The lowest BCUT2D eigenvalue weighted by Gasteiger charge is -2.14. The van der Waals surface area contributed by atoms with E-state index in [1.807, 2.05) is 55.5 Å². The summed E-state index contributed by atoms with van der Waals surface area (Å²) in [5.41, 5.74) is 3.29. The van der Waals surface area contributed by atoms with Gasteiger partial charge in [0.25, 0.3) is 0 Å². The van der Waals surface area contributed by atoms with Crippen molar-refractivity contribution in [1.29, 1.82) is 0 Å². The summed E-state index contributed by atoms with van der Waals surface area (Å²) in [6.45, 7) is 9.07. The van der Waals surface area contributed by atoms with E-state index in [-0.39, 0.29) is 0 Å². The molecule has 0 saturated heterocycles. The van der Waals surface area contributed by atoms with Crippen molar-refractivity contribution in [3.63, 3.8) is 0 Å². The lowest BCUT2D eigenvalue weighted by molar-refractivity contribution is 0.154. The first kappa shape index (κ1) is 27.3. The van der Waals surface area contributed by atoms with Crippen molar-refractivity contribution in [3.8, 4) is 17.2 Å². The second-order valence-electron chi connectivity index (χ2n) is 8.01. The molecule has 2 aromatic rings. The minimum Gasteiger partial charge on any atom is -0.494 e. The zero-order valence-corrected chi connectivity index (χ0v) is 21.0. The lowest BCUT2D eigenvalue weighted by atomic mass is 10.1. The summed E-state index contributed by atoms with van der Waals surface area (Å²) in [5.74, 6) is 2.73. The number of hydrogen-bond acceptors (Lipinski definition) is 6. The highest BCUT2D eigenvalue weighted by Gasteiger charge is 2.07. The van der Waals surface area contributed by atoms with Crippen molar-refractivity contribution in [2.45, 2.75) is 53.1 Å². The molecule has 0 aliphatic heterocycles. The molecule has 0 N–H and O–H groups in total. The van der Waals surface area contributed by atoms with Crippen molar-refractivity contribution in [2.24, 2.45) is 5.16 Å². The summed E-state index contributed by atoms with van der Waals surface area (Å²) in [6.07, 6.45) is 9.84. The van der Waals surface area contributed by atoms with Gasteiger partial charge in [0, 0.05) is 0 Å². The van der Waals surface area contributed by atoms with Crippen LogP contribution in [0.15, 0.2) is 53.7 Å². The maximum Gasteiger partial charge on any atom is 0.125 e. The molecule has 2 aromatic carbocycles. The molecule has 0 atom stereocenters. The largest absolute Gasteiger partial charge is 0.494 e. The Kier molecular flexibility index (Phi) is 13.3. The van der Waals surface area contributed by atoms with E-state index < -0.39 is 0 Å². The van der Waals surface area contributed by atoms with E-state index in [4.69, 9.17) is 18.9 Å². The summed E-state index contributed by atoms with van der Waals surface area (Å²) in [6, 6.07) is 12.1. The number of hydrogen-bond donors (Lipinski definition) is 0. The number of unbranched alkanes of at least 4 members (excludes halogenated alkanes) is 3. The standard InChI is InChI=1S/C28H39NO5/c1-5-6-15-33-27-19-23(2)28(24(3)20-27)34-17-10-8-7-9-16-32-26-13-11-12-25(21-26)22-31-18-14-29-30-4/h5-6,11-14,19-21H,7-10,15-18,22H2,1-4H3/b6-5+,29-14+. The van der Waals surface area contributed by atoms with E-state index in [1.54, 1.807) is 6.21 Å². The molecule has 0 heterocycles. The summed E-state index contributed by atoms with van der Waals surface area (Å²) in [7, 11) is 1.51. The van der Waals surface area contributed by atoms with Crippen LogP contribution in [-0.2, 0) is 16.2 Å². The van der Waals surface area contributed by atoms with Crippen LogP contribution in [0.1, 0.15) is 49.3 Å². The quantitative estimate of drug-likeness (QED) is 0.116. The summed E-state index contributed by atoms with van der Waals surface area (Å²) in [4.78, 5) is 4.60. The van der Waals surface area contributed by atoms with Gasteiger partial charge in [-0.2, -0.15) is 0 Å². The molecule has 0 aliphatic rings. The number of aryl methyl sites for hydroxylation is 2. The van der Waals surface area contributed by atoms with Crippen LogP contribution in [0.2, 0.25) is 0 Å². The van der Waals surface area contributed by atoms with Gasteiger partial charge in [0.1, 0.15) is 31.0 Å². The molecule has 0 radical (unpaired) electrons. The van der Waals surface area contributed by atoms with Gasteiger partial charge in [-0.1, -0.05) is 29.4 Å². The van der Waals surface area contributed by atoms with Crippen LogP contribution in [0.4, 0.5) is 0 Å². The highest BCUT2D eigenvalue weighted by molar-refractivity contribution is 5.57. The highest BCUT2D eigenvalue weighted by atomic mass is 16.6. The average Bonchev–Trinajstić information content (AvgIpc) is 2.82. The summed E-state index contributed by atoms with van der Waals surface area (Å²) >= 11 is 0. The normalized spacial score (nSPS) is 11.3. The van der Waals surface area contributed by atoms with Crippen molar-refractivity contribution >= 4 is 6.21 Å². The van der Waals surface area contributed by atoms with E-state index in [1.165, 1.54) is 7.11 Å². The van der Waals surface area contributed by atoms with Gasteiger partial charge in [-0.3, -0.25) is 0 Å². The van der Waals surface area contributed by atoms with Gasteiger partial charge in [-0.05, 0) is 87.4 Å². The number of rotatable bonds is 17. The van der Waals surface area contributed by atoms with Gasteiger partial charge in [-0.15, -0.1) is 0 Å². The number of ether oxygens (including phenoxy) is 4. The van der Waals surface area contributed by atoms with Crippen molar-refractivity contribution in [1.82, 2.24) is 0 Å². The van der Waals surface area contributed by atoms with E-state index in [0.717, 1.165) is 66.2 Å². The third-order valence-electron chi connectivity index (χ3n) is 5.11. The van der Waals surface area contributed by atoms with Gasteiger partial charge in [0.15, 0.2) is 0 Å². The lowest BCUT2D eigenvalue weighted by Crippen LogP contribution is -2.03. The van der Waals surface area contributed by atoms with Crippen LogP contribution >= 0.6 is 0 Å². The Balaban J connectivity index is 1.59. The SMILES string of the molecule is C/C=C/COc1cc(C)c(OCCCCCCOc2cccc(COC/C=N/OC)c2)c(C)c1. The molecular weight excluding hydrogens is 430 g/mol. The summed E-state index contributed by atoms with van der Waals surface area (Å²) in [5, 5.41) is 3.65. The molecule has 0 amide bonds. The first-order valence-corrected chi connectivity index (χ1v) is 12.0. The number of oxime groups is 1. The smallest absolute Gasteiger partial charge is 0.125 e. The van der Waals surface area contributed by atoms with Crippen molar-refractivity contribution in [2.75, 3.05) is 33.5 Å². The Morgan fingerprint density at radius 3 is 2.26 bits per heavy atom. The van der Waals surface area contributed by atoms with Crippen LogP contribution in [0.25, 0.3) is 0 Å². The molecule has 2 rings (SSSR count). The average molecular weight is 470 g/mol. The minimum atomic E-state index is 0.415. The number of allylic oxidation sites excluding steroid dienone is 1. The van der Waals surface area contributed by atoms with E-state index in [0.29, 0.717) is 26.4 Å². The topological polar surface area (TPSA) is 58.5 Å². The Hall–Kier alpha value is -2.99. The monoisotopic (exact) mass is 469 g/mol. The molecule has 0 fully saturated rings. The second kappa shape index (κ2) is 16.6. The molecule has 0 unspecified atom stereocenters. The fourth-order valence-electron chi connectivity index (χ4n) is 3.44. The van der Waals surface area contributed by atoms with Crippen molar-refractivity contribution < 1.29 is 23.8 Å². The first-order valence-electron chi connectivity index (χ1n) is 12.0. The molecule has 6 nitrogen and oxygen atoms in total. The van der Waals surface area contributed by atoms with Crippen LogP contribution < -0.4 is 14.2 Å². The third-order valence-corrected chi connectivity index (χ3v) is 5.11. The number of benzene rings is 2. The van der Waals surface area contributed by atoms with Crippen molar-refractivity contribution in [3.05, 3.63) is 65.2 Å². The number of nitrogens with zero attached hydrogens (tertiary/aromatic N) is 1. The fourth-order valence-corrected chi connectivity index (χ4v) is 3.44. The maximum absolute atomic E-state index is 6.06. The maximum atomic E-state index is 6.06. The Labute approximate surface area is 204 Å². The minimum absolute atomic E-state index is 0.415. The van der Waals surface area contributed by atoms with Gasteiger partial charge < -0.3 is 23.8 Å². The molecule has 0 saturated carbocycles. The van der Waals surface area contributed by atoms with Crippen LogP contribution in [0, 0.1) is 13.8 Å². The Morgan fingerprint density at radius 1 is 0.824 bits per heavy atom. The molecule has 0 aliphatic carbocycles. The molecule has 6 heteroatoms. The van der Waals surface area contributed by atoms with E-state index >= 15 is 0 Å². The molecule has 186 valence electrons. The molecule has 34 heavy (non-hydrogen) atoms. The fraction of sp³-hybridized carbons (Fsp3) is 0.464. The summed E-state index contributed by atoms with van der Waals surface area (Å²) < 4.78 is 23.2. The Bertz CT molecular complexity index is 871. The molecule has 0 aromatic heterocycles. The van der Waals surface area contributed by atoms with Gasteiger partial charge in [0.2, 0.25) is 0 Å². The first-order chi connectivity index (χ1) is 16.6. The second-order valence-corrected chi connectivity index (χ2v) is 8.01. The van der Waals surface area contributed by atoms with Crippen LogP contribution in [0.5, 0.6) is 17.2 Å². The Morgan fingerprint density at radius 2 is 1.56 bits per heavy atom. The van der Waals surface area contributed by atoms with E-state index in [9.17, 15) is 0 Å². The molecular formula is C28H39NO5. The van der Waals surface area contributed by atoms with Crippen LogP contribution in [-0.4, -0.2) is 39.8 Å².